The molecule has 0 aromatic heterocycles. The van der Waals surface area contributed by atoms with Crippen molar-refractivity contribution in [3.05, 3.63) is 11.6 Å². The van der Waals surface area contributed by atoms with Gasteiger partial charge in [0.1, 0.15) is 0 Å². The first-order chi connectivity index (χ1) is 4.57. The lowest BCUT2D eigenvalue weighted by atomic mass is 10.2. The highest BCUT2D eigenvalue weighted by molar-refractivity contribution is 6.29. The maximum absolute atomic E-state index is 10.7. The van der Waals surface area contributed by atoms with Gasteiger partial charge in [0.15, 0.2) is 0 Å². The lowest BCUT2D eigenvalue weighted by molar-refractivity contribution is -0.121. The van der Waals surface area contributed by atoms with Crippen LogP contribution >= 0.6 is 11.6 Å². The predicted octanol–water partition coefficient (Wildman–Crippen LogP) is 0.202. The second-order valence-electron chi connectivity index (χ2n) is 1.94. The molecule has 3 N–H and O–H groups in total. The quantitative estimate of drug-likeness (QED) is 0.623. The number of hydrogen-bond donors (Lipinski definition) is 2. The molecule has 10 heavy (non-hydrogen) atoms. The number of nitrogens with one attached hydrogen (secondary N) is 1. The lowest BCUT2D eigenvalue weighted by Gasteiger charge is -2.07. The van der Waals surface area contributed by atoms with Gasteiger partial charge in [-0.15, -0.1) is 0 Å². The molecule has 3 nitrogen and oxygen atoms in total. The van der Waals surface area contributed by atoms with Crippen LogP contribution in [0.5, 0.6) is 0 Å². The third-order valence-corrected chi connectivity index (χ3v) is 1.18. The average Bonchev–Trinajstić information content (AvgIpc) is 1.85. The van der Waals surface area contributed by atoms with Gasteiger partial charge in [-0.3, -0.25) is 4.79 Å². The third kappa shape index (κ3) is 3.48. The summed E-state index contributed by atoms with van der Waals surface area (Å²) in [5.41, 5.74) is 5.37. The molecule has 0 rings (SSSR count). The molecule has 0 aliphatic rings. The molecule has 0 heterocycles. The van der Waals surface area contributed by atoms with E-state index in [1.165, 1.54) is 7.05 Å². The van der Waals surface area contributed by atoms with Crippen molar-refractivity contribution < 1.29 is 4.79 Å². The van der Waals surface area contributed by atoms with Crippen LogP contribution < -0.4 is 11.1 Å². The van der Waals surface area contributed by atoms with E-state index in [4.69, 9.17) is 17.3 Å². The van der Waals surface area contributed by atoms with Crippen molar-refractivity contribution in [1.82, 2.24) is 5.32 Å². The number of rotatable bonds is 3. The fraction of sp³-hybridized carbons (Fsp3) is 0.500. The number of nitrogens with two attached hydrogens (primary N) is 1. The van der Waals surface area contributed by atoms with Crippen molar-refractivity contribution in [2.24, 2.45) is 5.73 Å². The Bertz CT molecular complexity index is 147. The second-order valence-corrected chi connectivity index (χ2v) is 2.48. The summed E-state index contributed by atoms with van der Waals surface area (Å²) in [6.45, 7) is 3.42. The van der Waals surface area contributed by atoms with Crippen molar-refractivity contribution in [1.29, 1.82) is 0 Å². The Morgan fingerprint density at radius 2 is 2.40 bits per heavy atom. The normalized spacial score (nSPS) is 12.3. The topological polar surface area (TPSA) is 55.1 Å². The van der Waals surface area contributed by atoms with Crippen LogP contribution in [0.3, 0.4) is 0 Å². The van der Waals surface area contributed by atoms with E-state index in [0.29, 0.717) is 11.5 Å². The molecule has 0 aromatic carbocycles. The zero-order valence-electron chi connectivity index (χ0n) is 5.86. The minimum atomic E-state index is -0.574. The summed E-state index contributed by atoms with van der Waals surface area (Å²) in [5, 5.41) is 2.81. The number of likely N-dealkylation sites (N-methyl/N-ethyl adjacent to an activating group) is 1. The number of carbonyl (C=O) groups is 1. The maximum atomic E-state index is 10.7. The van der Waals surface area contributed by atoms with Crippen molar-refractivity contribution in [3.8, 4) is 0 Å². The maximum Gasteiger partial charge on any atom is 0.237 e. The Kier molecular flexibility index (Phi) is 4.07. The molecular formula is C6H11ClN2O. The van der Waals surface area contributed by atoms with E-state index in [-0.39, 0.29) is 5.91 Å². The Hall–Kier alpha value is -0.540. The summed E-state index contributed by atoms with van der Waals surface area (Å²) in [4.78, 5) is 10.7. The number of carbonyl (C=O) groups excluding carboxylic acids is 1. The predicted molar refractivity (Wildman–Crippen MR) is 41.7 cm³/mol. The van der Waals surface area contributed by atoms with Crippen molar-refractivity contribution >= 4 is 17.5 Å². The highest BCUT2D eigenvalue weighted by Gasteiger charge is 2.10. The summed E-state index contributed by atoms with van der Waals surface area (Å²) in [6, 6.07) is -0.574. The average molecular weight is 163 g/mol. The summed E-state index contributed by atoms with van der Waals surface area (Å²) in [6.07, 6.45) is 0.321. The zero-order valence-corrected chi connectivity index (χ0v) is 6.61. The Labute approximate surface area is 65.2 Å². The fourth-order valence-electron chi connectivity index (χ4n) is 0.517. The molecule has 0 bridgehead atoms. The van der Waals surface area contributed by atoms with E-state index in [9.17, 15) is 4.79 Å². The van der Waals surface area contributed by atoms with Gasteiger partial charge >= 0.3 is 0 Å². The number of halogens is 1. The molecule has 0 unspecified atom stereocenters. The van der Waals surface area contributed by atoms with Gasteiger partial charge in [0.05, 0.1) is 6.04 Å². The van der Waals surface area contributed by atoms with Gasteiger partial charge in [0, 0.05) is 18.5 Å². The summed E-state index contributed by atoms with van der Waals surface area (Å²) in [7, 11) is 1.53. The minimum absolute atomic E-state index is 0.221. The second kappa shape index (κ2) is 4.30. The Morgan fingerprint density at radius 3 is 2.70 bits per heavy atom. The molecule has 0 aliphatic heterocycles. The van der Waals surface area contributed by atoms with Gasteiger partial charge in [-0.25, -0.2) is 0 Å². The Balaban J connectivity index is 3.72. The SMILES string of the molecule is C=C(Cl)C[C@H](N)C(=O)NC. The van der Waals surface area contributed by atoms with Gasteiger partial charge in [0.2, 0.25) is 5.91 Å². The molecule has 1 amide bonds. The molecule has 0 saturated heterocycles. The molecule has 0 saturated carbocycles. The Morgan fingerprint density at radius 1 is 1.90 bits per heavy atom. The molecule has 58 valence electrons. The lowest BCUT2D eigenvalue weighted by Crippen LogP contribution is -2.38. The van der Waals surface area contributed by atoms with Crippen molar-refractivity contribution in [2.75, 3.05) is 7.05 Å². The molecular weight excluding hydrogens is 152 g/mol. The molecule has 0 spiro atoms. The van der Waals surface area contributed by atoms with Crippen LogP contribution in [-0.2, 0) is 4.79 Å². The van der Waals surface area contributed by atoms with Crippen LogP contribution in [0.1, 0.15) is 6.42 Å². The summed E-state index contributed by atoms with van der Waals surface area (Å²) < 4.78 is 0. The van der Waals surface area contributed by atoms with Crippen LogP contribution in [0.25, 0.3) is 0 Å². The minimum Gasteiger partial charge on any atom is -0.358 e. The van der Waals surface area contributed by atoms with E-state index in [1.54, 1.807) is 0 Å². The standard InChI is InChI=1S/C6H11ClN2O/c1-4(7)3-5(8)6(10)9-2/h5H,1,3,8H2,2H3,(H,9,10)/t5-/m0/s1. The molecule has 0 radical (unpaired) electrons. The number of hydrogen-bond acceptors (Lipinski definition) is 2. The van der Waals surface area contributed by atoms with E-state index >= 15 is 0 Å². The molecule has 0 fully saturated rings. The van der Waals surface area contributed by atoms with E-state index < -0.39 is 6.04 Å². The van der Waals surface area contributed by atoms with Crippen LogP contribution in [0.2, 0.25) is 0 Å². The van der Waals surface area contributed by atoms with Crippen molar-refractivity contribution in [2.45, 2.75) is 12.5 Å². The van der Waals surface area contributed by atoms with Crippen LogP contribution in [0.4, 0.5) is 0 Å². The van der Waals surface area contributed by atoms with Gasteiger partial charge in [-0.05, 0) is 0 Å². The molecule has 4 heteroatoms. The van der Waals surface area contributed by atoms with Crippen LogP contribution in [-0.4, -0.2) is 19.0 Å². The zero-order chi connectivity index (χ0) is 8.15. The van der Waals surface area contributed by atoms with Crippen LogP contribution in [0, 0.1) is 0 Å². The summed E-state index contributed by atoms with van der Waals surface area (Å²) in [5.74, 6) is -0.221. The van der Waals surface area contributed by atoms with Gasteiger partial charge in [-0.2, -0.15) is 0 Å². The van der Waals surface area contributed by atoms with Crippen molar-refractivity contribution in [3.63, 3.8) is 0 Å². The highest BCUT2D eigenvalue weighted by Crippen LogP contribution is 2.04. The van der Waals surface area contributed by atoms with Gasteiger partial charge in [0.25, 0.3) is 0 Å². The first-order valence-corrected chi connectivity index (χ1v) is 3.26. The third-order valence-electron chi connectivity index (χ3n) is 1.02. The van der Waals surface area contributed by atoms with Gasteiger partial charge in [-0.1, -0.05) is 18.2 Å². The van der Waals surface area contributed by atoms with E-state index in [2.05, 4.69) is 11.9 Å². The smallest absolute Gasteiger partial charge is 0.237 e. The van der Waals surface area contributed by atoms with Crippen LogP contribution in [0.15, 0.2) is 11.6 Å². The monoisotopic (exact) mass is 162 g/mol. The summed E-state index contributed by atoms with van der Waals surface area (Å²) >= 11 is 5.42. The molecule has 0 aromatic rings. The fourth-order valence-corrected chi connectivity index (χ4v) is 0.683. The van der Waals surface area contributed by atoms with E-state index in [0.717, 1.165) is 0 Å². The molecule has 1 atom stereocenters. The largest absolute Gasteiger partial charge is 0.358 e. The first-order valence-electron chi connectivity index (χ1n) is 2.88. The van der Waals surface area contributed by atoms with Gasteiger partial charge < -0.3 is 11.1 Å². The van der Waals surface area contributed by atoms with E-state index in [1.807, 2.05) is 0 Å². The highest BCUT2D eigenvalue weighted by atomic mass is 35.5. The first kappa shape index (κ1) is 9.46. The molecule has 0 aliphatic carbocycles. The number of amides is 1.